The molecule has 1 aromatic heterocycles. The minimum Gasteiger partial charge on any atom is -0.352 e. The van der Waals surface area contributed by atoms with E-state index in [0.717, 1.165) is 22.9 Å². The molecule has 0 aliphatic heterocycles. The summed E-state index contributed by atoms with van der Waals surface area (Å²) in [5, 5.41) is 3.05. The topological polar surface area (TPSA) is 42.0 Å². The molecule has 0 unspecified atom stereocenters. The van der Waals surface area contributed by atoms with Crippen molar-refractivity contribution < 1.29 is 4.79 Å². The summed E-state index contributed by atoms with van der Waals surface area (Å²) in [6, 6.07) is 12.2. The molecule has 23 heavy (non-hydrogen) atoms. The fourth-order valence-electron chi connectivity index (χ4n) is 2.95. The average Bonchev–Trinajstić information content (AvgIpc) is 2.53. The zero-order valence-electron chi connectivity index (χ0n) is 12.8. The van der Waals surface area contributed by atoms with E-state index in [0.29, 0.717) is 6.54 Å². The molecule has 1 saturated carbocycles. The van der Waals surface area contributed by atoms with Gasteiger partial charge in [0.1, 0.15) is 0 Å². The number of nitrogens with zero attached hydrogens (tertiary/aromatic N) is 1. The van der Waals surface area contributed by atoms with Crippen molar-refractivity contribution in [1.82, 2.24) is 10.3 Å². The predicted molar refractivity (Wildman–Crippen MR) is 96.0 cm³/mol. The number of pyridine rings is 1. The van der Waals surface area contributed by atoms with Crippen LogP contribution >= 0.6 is 15.9 Å². The van der Waals surface area contributed by atoms with Gasteiger partial charge in [-0.25, -0.2) is 0 Å². The van der Waals surface area contributed by atoms with Crippen LogP contribution in [-0.4, -0.2) is 17.4 Å². The lowest BCUT2D eigenvalue weighted by Crippen LogP contribution is -2.45. The molecule has 0 saturated heterocycles. The molecule has 1 heterocycles. The minimum atomic E-state index is -0.0601. The summed E-state index contributed by atoms with van der Waals surface area (Å²) in [4.78, 5) is 16.1. The molecule has 1 aromatic carbocycles. The van der Waals surface area contributed by atoms with Crippen LogP contribution in [0.3, 0.4) is 0 Å². The van der Waals surface area contributed by atoms with Gasteiger partial charge in [-0.2, -0.15) is 0 Å². The molecule has 1 aliphatic rings. The monoisotopic (exact) mass is 370 g/mol. The highest BCUT2D eigenvalue weighted by molar-refractivity contribution is 9.10. The van der Waals surface area contributed by atoms with Crippen molar-refractivity contribution in [2.75, 3.05) is 6.54 Å². The third kappa shape index (κ3) is 3.88. The first-order valence-electron chi connectivity index (χ1n) is 7.80. The first-order chi connectivity index (χ1) is 11.2. The third-order valence-electron chi connectivity index (χ3n) is 4.46. The standard InChI is InChI=1S/C19H19BrN2O/c20-17-6-1-5-16(12-17)19(9-3-10-19)14-22-18(23)8-7-15-4-2-11-21-13-15/h1-2,4-8,11-13H,3,9-10,14H2,(H,22,23)/b8-7+. The number of benzene rings is 1. The minimum absolute atomic E-state index is 0.0601. The van der Waals surface area contributed by atoms with E-state index in [2.05, 4.69) is 44.4 Å². The molecule has 3 rings (SSSR count). The van der Waals surface area contributed by atoms with E-state index in [4.69, 9.17) is 0 Å². The van der Waals surface area contributed by atoms with Crippen molar-refractivity contribution in [2.24, 2.45) is 0 Å². The second kappa shape index (κ2) is 7.09. The van der Waals surface area contributed by atoms with Gasteiger partial charge in [0.05, 0.1) is 0 Å². The van der Waals surface area contributed by atoms with Crippen LogP contribution < -0.4 is 5.32 Å². The molecule has 0 spiro atoms. The van der Waals surface area contributed by atoms with Gasteiger partial charge in [0.2, 0.25) is 5.91 Å². The van der Waals surface area contributed by atoms with Gasteiger partial charge >= 0.3 is 0 Å². The quantitative estimate of drug-likeness (QED) is 0.805. The predicted octanol–water partition coefficient (Wildman–Crippen LogP) is 4.10. The van der Waals surface area contributed by atoms with Crippen LogP contribution in [0.1, 0.15) is 30.4 Å². The lowest BCUT2D eigenvalue weighted by atomic mass is 9.64. The Bertz CT molecular complexity index is 708. The molecule has 0 bridgehead atoms. The summed E-state index contributed by atoms with van der Waals surface area (Å²) in [6.45, 7) is 0.680. The van der Waals surface area contributed by atoms with E-state index in [1.165, 1.54) is 12.0 Å². The Morgan fingerprint density at radius 1 is 1.30 bits per heavy atom. The molecular weight excluding hydrogens is 352 g/mol. The third-order valence-corrected chi connectivity index (χ3v) is 4.95. The number of aromatic nitrogens is 1. The maximum Gasteiger partial charge on any atom is 0.244 e. The Hall–Kier alpha value is -1.94. The molecule has 0 radical (unpaired) electrons. The zero-order valence-corrected chi connectivity index (χ0v) is 14.4. The Morgan fingerprint density at radius 2 is 2.17 bits per heavy atom. The second-order valence-electron chi connectivity index (χ2n) is 5.98. The highest BCUT2D eigenvalue weighted by atomic mass is 79.9. The van der Waals surface area contributed by atoms with E-state index in [1.807, 2.05) is 18.2 Å². The van der Waals surface area contributed by atoms with Crippen LogP contribution in [0.5, 0.6) is 0 Å². The Morgan fingerprint density at radius 3 is 2.83 bits per heavy atom. The number of amides is 1. The number of rotatable bonds is 5. The SMILES string of the molecule is O=C(/C=C/c1cccnc1)NCC1(c2cccc(Br)c2)CCC1. The van der Waals surface area contributed by atoms with Gasteiger partial charge < -0.3 is 5.32 Å². The highest BCUT2D eigenvalue weighted by Crippen LogP contribution is 2.43. The van der Waals surface area contributed by atoms with E-state index in [-0.39, 0.29) is 11.3 Å². The van der Waals surface area contributed by atoms with E-state index >= 15 is 0 Å². The van der Waals surface area contributed by atoms with Crippen molar-refractivity contribution in [2.45, 2.75) is 24.7 Å². The van der Waals surface area contributed by atoms with Gasteiger partial charge in [-0.15, -0.1) is 0 Å². The van der Waals surface area contributed by atoms with Crippen molar-refractivity contribution in [1.29, 1.82) is 0 Å². The normalized spacial score (nSPS) is 16.0. The van der Waals surface area contributed by atoms with Crippen molar-refractivity contribution in [3.63, 3.8) is 0 Å². The molecule has 1 aliphatic carbocycles. The Labute approximate surface area is 145 Å². The second-order valence-corrected chi connectivity index (χ2v) is 6.90. The average molecular weight is 371 g/mol. The fraction of sp³-hybridized carbons (Fsp3) is 0.263. The number of halogens is 1. The van der Waals surface area contributed by atoms with Gasteiger partial charge in [0.15, 0.2) is 0 Å². The van der Waals surface area contributed by atoms with Crippen LogP contribution in [0.2, 0.25) is 0 Å². The lowest BCUT2D eigenvalue weighted by molar-refractivity contribution is -0.116. The van der Waals surface area contributed by atoms with Crippen LogP contribution in [0.15, 0.2) is 59.3 Å². The fourth-order valence-corrected chi connectivity index (χ4v) is 3.35. The van der Waals surface area contributed by atoms with Gasteiger partial charge in [-0.3, -0.25) is 9.78 Å². The van der Waals surface area contributed by atoms with Crippen molar-refractivity contribution in [3.8, 4) is 0 Å². The summed E-state index contributed by atoms with van der Waals surface area (Å²) in [7, 11) is 0. The van der Waals surface area contributed by atoms with Crippen LogP contribution in [0.4, 0.5) is 0 Å². The zero-order chi connectivity index (χ0) is 16.1. The number of hydrogen-bond acceptors (Lipinski definition) is 2. The number of hydrogen-bond donors (Lipinski definition) is 1. The lowest BCUT2D eigenvalue weighted by Gasteiger charge is -2.42. The molecule has 3 nitrogen and oxygen atoms in total. The van der Waals surface area contributed by atoms with Crippen LogP contribution in [0, 0.1) is 0 Å². The first-order valence-corrected chi connectivity index (χ1v) is 8.59. The van der Waals surface area contributed by atoms with E-state index in [9.17, 15) is 4.79 Å². The summed E-state index contributed by atoms with van der Waals surface area (Å²) in [5.74, 6) is -0.0601. The summed E-state index contributed by atoms with van der Waals surface area (Å²) >= 11 is 3.53. The molecule has 4 heteroatoms. The maximum atomic E-state index is 12.1. The molecule has 2 aromatic rings. The summed E-state index contributed by atoms with van der Waals surface area (Å²) in [5.41, 5.74) is 2.31. The van der Waals surface area contributed by atoms with Crippen molar-refractivity contribution in [3.05, 3.63) is 70.5 Å². The van der Waals surface area contributed by atoms with Crippen LogP contribution in [0.25, 0.3) is 6.08 Å². The number of carbonyl (C=O) groups is 1. The van der Waals surface area contributed by atoms with Crippen molar-refractivity contribution >= 4 is 27.9 Å². The number of nitrogens with one attached hydrogen (secondary N) is 1. The molecular formula is C19H19BrN2O. The smallest absolute Gasteiger partial charge is 0.244 e. The molecule has 1 N–H and O–H groups in total. The first kappa shape index (κ1) is 15.9. The van der Waals surface area contributed by atoms with Crippen LogP contribution in [-0.2, 0) is 10.2 Å². The molecule has 118 valence electrons. The van der Waals surface area contributed by atoms with Gasteiger partial charge in [0, 0.05) is 34.9 Å². The van der Waals surface area contributed by atoms with E-state index in [1.54, 1.807) is 24.5 Å². The Kier molecular flexibility index (Phi) is 4.91. The highest BCUT2D eigenvalue weighted by Gasteiger charge is 2.38. The molecule has 0 atom stereocenters. The maximum absolute atomic E-state index is 12.1. The number of carbonyl (C=O) groups excluding carboxylic acids is 1. The van der Waals surface area contributed by atoms with Gasteiger partial charge in [-0.1, -0.05) is 40.5 Å². The largest absolute Gasteiger partial charge is 0.352 e. The van der Waals surface area contributed by atoms with Gasteiger partial charge in [-0.05, 0) is 48.2 Å². The molecule has 1 fully saturated rings. The van der Waals surface area contributed by atoms with E-state index < -0.39 is 0 Å². The summed E-state index contributed by atoms with van der Waals surface area (Å²) < 4.78 is 1.09. The summed E-state index contributed by atoms with van der Waals surface area (Å²) in [6.07, 6.45) is 10.3. The van der Waals surface area contributed by atoms with Gasteiger partial charge in [0.25, 0.3) is 0 Å². The molecule has 1 amide bonds. The Balaban J connectivity index is 1.62.